The molecule has 24 heavy (non-hydrogen) atoms. The number of nitrogens with zero attached hydrogens (tertiary/aromatic N) is 1. The molecule has 0 saturated carbocycles. The number of amides is 2. The van der Waals surface area contributed by atoms with Gasteiger partial charge in [0.25, 0.3) is 0 Å². The normalized spacial score (nSPS) is 20.4. The van der Waals surface area contributed by atoms with Crippen LogP contribution in [0, 0.1) is 0 Å². The summed E-state index contributed by atoms with van der Waals surface area (Å²) in [5.74, 6) is 0. The lowest BCUT2D eigenvalue weighted by atomic mass is 9.93. The monoisotopic (exact) mass is 442 g/mol. The highest BCUT2D eigenvalue weighted by atomic mass is 79.9. The fourth-order valence-electron chi connectivity index (χ4n) is 2.72. The summed E-state index contributed by atoms with van der Waals surface area (Å²) in [6.07, 6.45) is 0.593. The number of thiocarbonyl (C=S) groups is 1. The second-order valence-electron chi connectivity index (χ2n) is 5.83. The second-order valence-corrected chi connectivity index (χ2v) is 8.01. The van der Waals surface area contributed by atoms with Crippen molar-refractivity contribution in [1.29, 1.82) is 0 Å². The lowest BCUT2D eigenvalue weighted by molar-refractivity contribution is 0.248. The van der Waals surface area contributed by atoms with Crippen LogP contribution in [0.15, 0.2) is 46.9 Å². The van der Waals surface area contributed by atoms with Crippen molar-refractivity contribution in [1.82, 2.24) is 5.32 Å². The van der Waals surface area contributed by atoms with Crippen LogP contribution in [0.4, 0.5) is 10.5 Å². The molecule has 1 atom stereocenters. The van der Waals surface area contributed by atoms with Gasteiger partial charge in [-0.2, -0.15) is 0 Å². The zero-order valence-corrected chi connectivity index (χ0v) is 16.6. The van der Waals surface area contributed by atoms with Crippen LogP contribution < -0.4 is 10.2 Å². The Morgan fingerprint density at radius 1 is 1.17 bits per heavy atom. The van der Waals surface area contributed by atoms with E-state index in [-0.39, 0.29) is 6.03 Å². The van der Waals surface area contributed by atoms with E-state index in [1.54, 1.807) is 18.2 Å². The third-order valence-electron chi connectivity index (χ3n) is 3.84. The predicted molar refractivity (Wildman–Crippen MR) is 106 cm³/mol. The van der Waals surface area contributed by atoms with Crippen LogP contribution in [-0.4, -0.2) is 16.6 Å². The Morgan fingerprint density at radius 3 is 2.33 bits per heavy atom. The van der Waals surface area contributed by atoms with Gasteiger partial charge >= 0.3 is 6.03 Å². The molecule has 1 aliphatic heterocycles. The number of carbonyl (C=O) groups is 1. The average molecular weight is 444 g/mol. The number of hydrogen-bond acceptors (Lipinski definition) is 2. The molecule has 1 saturated heterocycles. The van der Waals surface area contributed by atoms with Crippen molar-refractivity contribution < 1.29 is 4.79 Å². The van der Waals surface area contributed by atoms with E-state index in [1.807, 2.05) is 31.2 Å². The molecular weight excluding hydrogens is 431 g/mol. The van der Waals surface area contributed by atoms with Gasteiger partial charge in [-0.3, -0.25) is 4.90 Å². The van der Waals surface area contributed by atoms with Crippen LogP contribution in [0.25, 0.3) is 0 Å². The van der Waals surface area contributed by atoms with E-state index in [9.17, 15) is 4.79 Å². The molecule has 3 rings (SSSR count). The summed E-state index contributed by atoms with van der Waals surface area (Å²) in [6, 6.07) is 12.6. The zero-order valence-electron chi connectivity index (χ0n) is 12.6. The van der Waals surface area contributed by atoms with Gasteiger partial charge in [0.15, 0.2) is 0 Å². The largest absolute Gasteiger partial charge is 0.327 e. The summed E-state index contributed by atoms with van der Waals surface area (Å²) < 4.78 is 1.00. The maximum absolute atomic E-state index is 12.5. The molecule has 0 bridgehead atoms. The third kappa shape index (κ3) is 3.45. The molecule has 2 amide bonds. The Balaban J connectivity index is 1.91. The van der Waals surface area contributed by atoms with E-state index in [0.29, 0.717) is 27.1 Å². The SMILES string of the molecule is CC1(Cc2ccc(Br)cc2)NC(=O)N(c2cc(Cl)cc(Cl)c2)C1=S. The number of anilines is 1. The minimum Gasteiger partial charge on any atom is -0.325 e. The average Bonchev–Trinajstić information content (AvgIpc) is 2.70. The minimum atomic E-state index is -0.658. The Morgan fingerprint density at radius 2 is 1.75 bits per heavy atom. The van der Waals surface area contributed by atoms with Crippen LogP contribution in [-0.2, 0) is 6.42 Å². The molecule has 0 aliphatic carbocycles. The molecule has 1 aliphatic rings. The summed E-state index contributed by atoms with van der Waals surface area (Å²) in [4.78, 5) is 14.4. The molecule has 1 unspecified atom stereocenters. The standard InChI is InChI=1S/C17H13BrCl2N2OS/c1-17(9-10-2-4-11(18)5-3-10)15(24)22(16(23)21-17)14-7-12(19)6-13(20)8-14/h2-8H,9H2,1H3,(H,21,23). The van der Waals surface area contributed by atoms with Gasteiger partial charge < -0.3 is 5.32 Å². The Bertz CT molecular complexity index is 808. The predicted octanol–water partition coefficient (Wildman–Crippen LogP) is 5.61. The van der Waals surface area contributed by atoms with E-state index in [4.69, 9.17) is 35.4 Å². The van der Waals surface area contributed by atoms with Gasteiger partial charge in [-0.05, 0) is 42.8 Å². The topological polar surface area (TPSA) is 32.3 Å². The van der Waals surface area contributed by atoms with Gasteiger partial charge in [0.2, 0.25) is 0 Å². The molecule has 1 fully saturated rings. The number of nitrogens with one attached hydrogen (secondary N) is 1. The molecule has 0 aromatic heterocycles. The fourth-order valence-corrected chi connectivity index (χ4v) is 3.81. The van der Waals surface area contributed by atoms with Crippen LogP contribution in [0.2, 0.25) is 10.0 Å². The van der Waals surface area contributed by atoms with Gasteiger partial charge in [-0.15, -0.1) is 0 Å². The highest BCUT2D eigenvalue weighted by Gasteiger charge is 2.45. The summed E-state index contributed by atoms with van der Waals surface area (Å²) in [6.45, 7) is 1.92. The molecule has 2 aromatic rings. The van der Waals surface area contributed by atoms with E-state index >= 15 is 0 Å². The molecule has 124 valence electrons. The lowest BCUT2D eigenvalue weighted by Gasteiger charge is -2.25. The summed E-state index contributed by atoms with van der Waals surface area (Å²) in [7, 11) is 0. The molecule has 0 radical (unpaired) electrons. The lowest BCUT2D eigenvalue weighted by Crippen LogP contribution is -2.45. The van der Waals surface area contributed by atoms with E-state index < -0.39 is 5.54 Å². The first-order valence-corrected chi connectivity index (χ1v) is 9.11. The number of carbonyl (C=O) groups excluding carboxylic acids is 1. The van der Waals surface area contributed by atoms with Crippen molar-refractivity contribution in [2.24, 2.45) is 0 Å². The van der Waals surface area contributed by atoms with Gasteiger partial charge in [0.1, 0.15) is 4.99 Å². The highest BCUT2D eigenvalue weighted by Crippen LogP contribution is 2.32. The van der Waals surface area contributed by atoms with Crippen LogP contribution in [0.3, 0.4) is 0 Å². The van der Waals surface area contributed by atoms with Crippen LogP contribution >= 0.6 is 51.3 Å². The molecule has 2 aromatic carbocycles. The van der Waals surface area contributed by atoms with E-state index in [1.165, 1.54) is 4.90 Å². The summed E-state index contributed by atoms with van der Waals surface area (Å²) in [5.41, 5.74) is 0.985. The van der Waals surface area contributed by atoms with Crippen molar-refractivity contribution in [3.63, 3.8) is 0 Å². The maximum Gasteiger partial charge on any atom is 0.327 e. The molecule has 3 nitrogen and oxygen atoms in total. The van der Waals surface area contributed by atoms with E-state index in [2.05, 4.69) is 21.2 Å². The van der Waals surface area contributed by atoms with Gasteiger partial charge in [-0.25, -0.2) is 4.79 Å². The van der Waals surface area contributed by atoms with Gasteiger partial charge in [0.05, 0.1) is 11.2 Å². The smallest absolute Gasteiger partial charge is 0.325 e. The first-order valence-electron chi connectivity index (χ1n) is 7.16. The Kier molecular flexibility index (Phi) is 4.89. The van der Waals surface area contributed by atoms with Gasteiger partial charge in [-0.1, -0.05) is 63.5 Å². The molecular formula is C17H13BrCl2N2OS. The number of rotatable bonds is 3. The third-order valence-corrected chi connectivity index (χ3v) is 5.44. The first-order chi connectivity index (χ1) is 11.3. The minimum absolute atomic E-state index is 0.280. The summed E-state index contributed by atoms with van der Waals surface area (Å²) >= 11 is 21.1. The molecule has 1 heterocycles. The molecule has 0 spiro atoms. The van der Waals surface area contributed by atoms with Crippen LogP contribution in [0.5, 0.6) is 0 Å². The second kappa shape index (κ2) is 6.64. The van der Waals surface area contributed by atoms with Crippen molar-refractivity contribution >= 4 is 68.1 Å². The Labute approximate surface area is 164 Å². The number of urea groups is 1. The quantitative estimate of drug-likeness (QED) is 0.624. The fraction of sp³-hybridized carbons (Fsp3) is 0.176. The zero-order chi connectivity index (χ0) is 17.5. The van der Waals surface area contributed by atoms with Crippen molar-refractivity contribution in [2.75, 3.05) is 4.90 Å². The van der Waals surface area contributed by atoms with Crippen LogP contribution in [0.1, 0.15) is 12.5 Å². The summed E-state index contributed by atoms with van der Waals surface area (Å²) in [5, 5.41) is 3.89. The van der Waals surface area contributed by atoms with Gasteiger partial charge in [0, 0.05) is 20.9 Å². The first kappa shape index (κ1) is 17.7. The molecule has 7 heteroatoms. The highest BCUT2D eigenvalue weighted by molar-refractivity contribution is 9.10. The molecule has 1 N–H and O–H groups in total. The number of halogens is 3. The van der Waals surface area contributed by atoms with Crippen molar-refractivity contribution in [3.8, 4) is 0 Å². The Hall–Kier alpha value is -1.14. The number of benzene rings is 2. The number of hydrogen-bond donors (Lipinski definition) is 1. The maximum atomic E-state index is 12.5. The van der Waals surface area contributed by atoms with E-state index in [0.717, 1.165) is 10.0 Å². The van der Waals surface area contributed by atoms with Crippen molar-refractivity contribution in [2.45, 2.75) is 18.9 Å². The van der Waals surface area contributed by atoms with Crippen molar-refractivity contribution in [3.05, 3.63) is 62.5 Å².